The fourth-order valence-corrected chi connectivity index (χ4v) is 2.14. The molecule has 0 saturated heterocycles. The number of halogens is 1. The first-order valence-corrected chi connectivity index (χ1v) is 7.45. The lowest BCUT2D eigenvalue weighted by Gasteiger charge is -2.18. The van der Waals surface area contributed by atoms with Crippen LogP contribution in [-0.2, 0) is 6.54 Å². The molecule has 2 aromatic rings. The Balaban J connectivity index is 1.70. The van der Waals surface area contributed by atoms with Gasteiger partial charge in [0.25, 0.3) is 0 Å². The number of benzene rings is 2. The second-order valence-corrected chi connectivity index (χ2v) is 5.26. The number of carbonyl (C=O) groups excluding carboxylic acids is 1. The van der Waals surface area contributed by atoms with Crippen molar-refractivity contribution in [2.24, 2.45) is 0 Å². The minimum Gasteiger partial charge on any atom is -0.490 e. The van der Waals surface area contributed by atoms with Crippen LogP contribution >= 0.6 is 11.6 Å². The molecule has 116 valence electrons. The van der Waals surface area contributed by atoms with Gasteiger partial charge in [-0.15, -0.1) is 0 Å². The van der Waals surface area contributed by atoms with Crippen LogP contribution < -0.4 is 10.1 Å². The highest BCUT2D eigenvalue weighted by Gasteiger charge is 2.08. The third kappa shape index (κ3) is 4.97. The number of urea groups is 1. The summed E-state index contributed by atoms with van der Waals surface area (Å²) in [6, 6.07) is 17.0. The average molecular weight is 319 g/mol. The van der Waals surface area contributed by atoms with Crippen LogP contribution in [-0.4, -0.2) is 31.1 Å². The van der Waals surface area contributed by atoms with E-state index in [1.807, 2.05) is 42.5 Å². The van der Waals surface area contributed by atoms with E-state index in [-0.39, 0.29) is 6.03 Å². The van der Waals surface area contributed by atoms with E-state index < -0.39 is 0 Å². The first kappa shape index (κ1) is 16.2. The lowest BCUT2D eigenvalue weighted by molar-refractivity contribution is 0.203. The first-order valence-electron chi connectivity index (χ1n) is 7.07. The van der Waals surface area contributed by atoms with E-state index in [2.05, 4.69) is 5.32 Å². The zero-order valence-corrected chi connectivity index (χ0v) is 13.2. The summed E-state index contributed by atoms with van der Waals surface area (Å²) in [6.45, 7) is 1.36. The number of para-hydroxylation sites is 1. The second kappa shape index (κ2) is 8.29. The lowest BCUT2D eigenvalue weighted by atomic mass is 10.2. The molecule has 2 amide bonds. The van der Waals surface area contributed by atoms with Crippen LogP contribution in [0.5, 0.6) is 5.75 Å². The Bertz CT molecular complexity index is 605. The Morgan fingerprint density at radius 1 is 1.14 bits per heavy atom. The van der Waals surface area contributed by atoms with E-state index in [0.717, 1.165) is 5.56 Å². The molecule has 4 nitrogen and oxygen atoms in total. The van der Waals surface area contributed by atoms with Crippen LogP contribution in [0.15, 0.2) is 54.6 Å². The van der Waals surface area contributed by atoms with Gasteiger partial charge < -0.3 is 15.0 Å². The molecule has 0 heterocycles. The molecule has 0 aromatic heterocycles. The number of hydrogen-bond acceptors (Lipinski definition) is 2. The van der Waals surface area contributed by atoms with Gasteiger partial charge in [-0.1, -0.05) is 54.1 Å². The Morgan fingerprint density at radius 3 is 2.55 bits per heavy atom. The molecule has 0 aliphatic rings. The molecular weight excluding hydrogens is 300 g/mol. The molecule has 0 saturated carbocycles. The van der Waals surface area contributed by atoms with E-state index in [4.69, 9.17) is 16.3 Å². The number of rotatable bonds is 6. The van der Waals surface area contributed by atoms with Gasteiger partial charge in [0.2, 0.25) is 0 Å². The Labute approximate surface area is 135 Å². The molecule has 0 aliphatic carbocycles. The van der Waals surface area contributed by atoms with Crippen molar-refractivity contribution in [1.29, 1.82) is 0 Å². The van der Waals surface area contributed by atoms with Gasteiger partial charge in [0.15, 0.2) is 0 Å². The third-order valence-corrected chi connectivity index (χ3v) is 3.39. The predicted octanol–water partition coefficient (Wildman–Crippen LogP) is 3.56. The molecule has 2 aromatic carbocycles. The maximum Gasteiger partial charge on any atom is 0.317 e. The molecule has 0 spiro atoms. The van der Waals surface area contributed by atoms with Crippen LogP contribution in [0.2, 0.25) is 5.02 Å². The lowest BCUT2D eigenvalue weighted by Crippen LogP contribution is -2.38. The predicted molar refractivity (Wildman–Crippen MR) is 88.3 cm³/mol. The SMILES string of the molecule is CN(Cc1ccccc1)C(=O)NCCOc1ccccc1Cl. The van der Waals surface area contributed by atoms with Gasteiger partial charge in [0, 0.05) is 13.6 Å². The van der Waals surface area contributed by atoms with Gasteiger partial charge in [-0.05, 0) is 17.7 Å². The Morgan fingerprint density at radius 2 is 1.82 bits per heavy atom. The van der Waals surface area contributed by atoms with Crippen molar-refractivity contribution >= 4 is 17.6 Å². The molecule has 0 bridgehead atoms. The monoisotopic (exact) mass is 318 g/mol. The van der Waals surface area contributed by atoms with Crippen molar-refractivity contribution in [3.63, 3.8) is 0 Å². The number of amides is 2. The summed E-state index contributed by atoms with van der Waals surface area (Å²) in [5, 5.41) is 3.38. The molecule has 22 heavy (non-hydrogen) atoms. The average Bonchev–Trinajstić information content (AvgIpc) is 2.53. The van der Waals surface area contributed by atoms with E-state index in [1.165, 1.54) is 0 Å². The Kier molecular flexibility index (Phi) is 6.10. The number of carbonyl (C=O) groups is 1. The third-order valence-electron chi connectivity index (χ3n) is 3.08. The zero-order chi connectivity index (χ0) is 15.8. The molecular formula is C17H19ClN2O2. The largest absolute Gasteiger partial charge is 0.490 e. The highest BCUT2D eigenvalue weighted by Crippen LogP contribution is 2.22. The van der Waals surface area contributed by atoms with Gasteiger partial charge in [0.05, 0.1) is 11.6 Å². The summed E-state index contributed by atoms with van der Waals surface area (Å²) >= 11 is 5.99. The molecule has 5 heteroatoms. The number of nitrogens with one attached hydrogen (secondary N) is 1. The van der Waals surface area contributed by atoms with Gasteiger partial charge in [-0.3, -0.25) is 0 Å². The van der Waals surface area contributed by atoms with E-state index >= 15 is 0 Å². The standard InChI is InChI=1S/C17H19ClN2O2/c1-20(13-14-7-3-2-4-8-14)17(21)19-11-12-22-16-10-6-5-9-15(16)18/h2-10H,11-13H2,1H3,(H,19,21). The summed E-state index contributed by atoms with van der Waals surface area (Å²) in [4.78, 5) is 13.6. The quantitative estimate of drug-likeness (QED) is 0.827. The van der Waals surface area contributed by atoms with Crippen LogP contribution in [0.3, 0.4) is 0 Å². The highest BCUT2D eigenvalue weighted by atomic mass is 35.5. The van der Waals surface area contributed by atoms with Gasteiger partial charge in [-0.25, -0.2) is 4.79 Å². The molecule has 0 aliphatic heterocycles. The highest BCUT2D eigenvalue weighted by molar-refractivity contribution is 6.32. The minimum absolute atomic E-state index is 0.133. The second-order valence-electron chi connectivity index (χ2n) is 4.85. The number of nitrogens with zero attached hydrogens (tertiary/aromatic N) is 1. The maximum atomic E-state index is 12.0. The smallest absolute Gasteiger partial charge is 0.317 e. The fourth-order valence-electron chi connectivity index (χ4n) is 1.94. The van der Waals surface area contributed by atoms with E-state index in [0.29, 0.717) is 30.5 Å². The summed E-state index contributed by atoms with van der Waals surface area (Å²) in [5.74, 6) is 0.621. The maximum absolute atomic E-state index is 12.0. The normalized spacial score (nSPS) is 10.1. The molecule has 0 radical (unpaired) electrons. The fraction of sp³-hybridized carbons (Fsp3) is 0.235. The van der Waals surface area contributed by atoms with Crippen LogP contribution in [0.25, 0.3) is 0 Å². The minimum atomic E-state index is -0.133. The van der Waals surface area contributed by atoms with Gasteiger partial charge in [-0.2, -0.15) is 0 Å². The van der Waals surface area contributed by atoms with Crippen LogP contribution in [0, 0.1) is 0 Å². The van der Waals surface area contributed by atoms with Gasteiger partial charge >= 0.3 is 6.03 Å². The number of ether oxygens (including phenoxy) is 1. The van der Waals surface area contributed by atoms with E-state index in [1.54, 1.807) is 24.1 Å². The molecule has 2 rings (SSSR count). The summed E-state index contributed by atoms with van der Waals surface area (Å²) in [7, 11) is 1.76. The zero-order valence-electron chi connectivity index (χ0n) is 12.5. The van der Waals surface area contributed by atoms with Crippen molar-refractivity contribution in [2.45, 2.75) is 6.54 Å². The first-order chi connectivity index (χ1) is 10.7. The van der Waals surface area contributed by atoms with Crippen molar-refractivity contribution in [2.75, 3.05) is 20.2 Å². The molecule has 1 N–H and O–H groups in total. The molecule has 0 fully saturated rings. The topological polar surface area (TPSA) is 41.6 Å². The van der Waals surface area contributed by atoms with Crippen molar-refractivity contribution in [3.8, 4) is 5.75 Å². The molecule has 0 unspecified atom stereocenters. The van der Waals surface area contributed by atoms with Crippen molar-refractivity contribution in [3.05, 3.63) is 65.2 Å². The van der Waals surface area contributed by atoms with Crippen LogP contribution in [0.1, 0.15) is 5.56 Å². The van der Waals surface area contributed by atoms with E-state index in [9.17, 15) is 4.79 Å². The summed E-state index contributed by atoms with van der Waals surface area (Å²) in [6.07, 6.45) is 0. The Hall–Kier alpha value is -2.20. The van der Waals surface area contributed by atoms with Crippen molar-refractivity contribution in [1.82, 2.24) is 10.2 Å². The van der Waals surface area contributed by atoms with Gasteiger partial charge in [0.1, 0.15) is 12.4 Å². The van der Waals surface area contributed by atoms with Crippen molar-refractivity contribution < 1.29 is 9.53 Å². The molecule has 0 atom stereocenters. The summed E-state index contributed by atoms with van der Waals surface area (Å²) < 4.78 is 5.52. The number of hydrogen-bond donors (Lipinski definition) is 1. The van der Waals surface area contributed by atoms with Crippen LogP contribution in [0.4, 0.5) is 4.79 Å². The summed E-state index contributed by atoms with van der Waals surface area (Å²) in [5.41, 5.74) is 1.09.